The first-order valence-corrected chi connectivity index (χ1v) is 7.01. The molecule has 0 radical (unpaired) electrons. The van der Waals surface area contributed by atoms with Crippen LogP contribution in [0.2, 0.25) is 0 Å². The van der Waals surface area contributed by atoms with Crippen molar-refractivity contribution in [3.63, 3.8) is 0 Å². The van der Waals surface area contributed by atoms with Crippen molar-refractivity contribution >= 4 is 29.9 Å². The summed E-state index contributed by atoms with van der Waals surface area (Å²) in [6.45, 7) is 1.63. The maximum absolute atomic E-state index is 11.8. The molecule has 1 fully saturated rings. The quantitative estimate of drug-likeness (QED) is 0.865. The molecule has 2 rings (SSSR count). The van der Waals surface area contributed by atoms with Crippen LogP contribution in [0, 0.1) is 0 Å². The van der Waals surface area contributed by atoms with Crippen molar-refractivity contribution < 1.29 is 9.59 Å². The number of nitrogens with zero attached hydrogens (tertiary/aromatic N) is 1. The summed E-state index contributed by atoms with van der Waals surface area (Å²) in [7, 11) is 1.74. The Morgan fingerprint density at radius 1 is 1.24 bits per heavy atom. The van der Waals surface area contributed by atoms with Crippen LogP contribution in [0.15, 0.2) is 24.3 Å². The molecule has 0 bridgehead atoms. The van der Waals surface area contributed by atoms with Crippen LogP contribution in [0.5, 0.6) is 0 Å². The standard InChI is InChI=1S/C15H21N3O2.ClH/c1-16-11-14(19)17-10-12-5-7-13(8-6-12)18-9-3-2-4-15(18)20;/h5-8,16H,2-4,9-11H2,1H3,(H,17,19);1H. The molecule has 0 saturated carbocycles. The van der Waals surface area contributed by atoms with E-state index in [0.717, 1.165) is 30.6 Å². The summed E-state index contributed by atoms with van der Waals surface area (Å²) in [5.74, 6) is 0.175. The minimum absolute atomic E-state index is 0. The van der Waals surface area contributed by atoms with Crippen molar-refractivity contribution in [2.24, 2.45) is 0 Å². The second-order valence-corrected chi connectivity index (χ2v) is 4.98. The molecule has 1 aliphatic rings. The normalized spacial score (nSPS) is 14.5. The SMILES string of the molecule is CNCC(=O)NCc1ccc(N2CCCCC2=O)cc1.Cl. The lowest BCUT2D eigenvalue weighted by Gasteiger charge is -2.26. The smallest absolute Gasteiger partial charge is 0.234 e. The molecule has 116 valence electrons. The number of rotatable bonds is 5. The Hall–Kier alpha value is -1.59. The van der Waals surface area contributed by atoms with E-state index in [-0.39, 0.29) is 24.2 Å². The number of benzene rings is 1. The number of carbonyl (C=O) groups excluding carboxylic acids is 2. The molecule has 1 aromatic rings. The third-order valence-electron chi connectivity index (χ3n) is 3.40. The van der Waals surface area contributed by atoms with Gasteiger partial charge in [0.25, 0.3) is 0 Å². The molecule has 0 aliphatic carbocycles. The van der Waals surface area contributed by atoms with Gasteiger partial charge in [0, 0.05) is 25.2 Å². The maximum atomic E-state index is 11.8. The molecule has 0 spiro atoms. The van der Waals surface area contributed by atoms with E-state index in [1.807, 2.05) is 29.2 Å². The molecule has 0 aromatic heterocycles. The van der Waals surface area contributed by atoms with Crippen LogP contribution >= 0.6 is 12.4 Å². The Labute approximate surface area is 131 Å². The Morgan fingerprint density at radius 2 is 1.95 bits per heavy atom. The highest BCUT2D eigenvalue weighted by Gasteiger charge is 2.19. The second kappa shape index (κ2) is 8.64. The summed E-state index contributed by atoms with van der Waals surface area (Å²) >= 11 is 0. The molecular formula is C15H22ClN3O2. The van der Waals surface area contributed by atoms with E-state index in [9.17, 15) is 9.59 Å². The Bertz CT molecular complexity index is 476. The van der Waals surface area contributed by atoms with Gasteiger partial charge in [0.15, 0.2) is 0 Å². The molecule has 1 saturated heterocycles. The Kier molecular flexibility index (Phi) is 7.19. The predicted octanol–water partition coefficient (Wildman–Crippen LogP) is 1.46. The van der Waals surface area contributed by atoms with Gasteiger partial charge in [-0.1, -0.05) is 12.1 Å². The van der Waals surface area contributed by atoms with E-state index in [1.165, 1.54) is 0 Å². The van der Waals surface area contributed by atoms with Crippen LogP contribution in [0.3, 0.4) is 0 Å². The molecule has 2 N–H and O–H groups in total. The zero-order chi connectivity index (χ0) is 14.4. The third kappa shape index (κ3) is 5.02. The van der Waals surface area contributed by atoms with E-state index in [4.69, 9.17) is 0 Å². The van der Waals surface area contributed by atoms with Gasteiger partial charge in [0.05, 0.1) is 6.54 Å². The number of halogens is 1. The van der Waals surface area contributed by atoms with E-state index in [1.54, 1.807) is 7.05 Å². The van der Waals surface area contributed by atoms with E-state index in [2.05, 4.69) is 10.6 Å². The maximum Gasteiger partial charge on any atom is 0.234 e. The third-order valence-corrected chi connectivity index (χ3v) is 3.40. The van der Waals surface area contributed by atoms with Crippen molar-refractivity contribution in [1.29, 1.82) is 0 Å². The fraction of sp³-hybridized carbons (Fsp3) is 0.467. The lowest BCUT2D eigenvalue weighted by molar-refractivity contribution is -0.120. The average molecular weight is 312 g/mol. The number of hydrogen-bond acceptors (Lipinski definition) is 3. The van der Waals surface area contributed by atoms with Gasteiger partial charge in [-0.05, 0) is 37.6 Å². The predicted molar refractivity (Wildman–Crippen MR) is 85.7 cm³/mol. The molecule has 5 nitrogen and oxygen atoms in total. The number of amides is 2. The van der Waals surface area contributed by atoms with Crippen LogP contribution in [0.1, 0.15) is 24.8 Å². The number of piperidine rings is 1. The average Bonchev–Trinajstić information content (AvgIpc) is 2.47. The zero-order valence-corrected chi connectivity index (χ0v) is 13.0. The van der Waals surface area contributed by atoms with Crippen LogP contribution in [0.4, 0.5) is 5.69 Å². The summed E-state index contributed by atoms with van der Waals surface area (Å²) in [6, 6.07) is 7.80. The first-order chi connectivity index (χ1) is 9.70. The van der Waals surface area contributed by atoms with Gasteiger partial charge in [-0.25, -0.2) is 0 Å². The summed E-state index contributed by atoms with van der Waals surface area (Å²) in [5, 5.41) is 5.63. The summed E-state index contributed by atoms with van der Waals surface area (Å²) in [4.78, 5) is 25.0. The van der Waals surface area contributed by atoms with Gasteiger partial charge in [0.2, 0.25) is 11.8 Å². The topological polar surface area (TPSA) is 61.4 Å². The van der Waals surface area contributed by atoms with Crippen molar-refractivity contribution in [1.82, 2.24) is 10.6 Å². The number of likely N-dealkylation sites (N-methyl/N-ethyl adjacent to an activating group) is 1. The molecule has 0 unspecified atom stereocenters. The molecule has 6 heteroatoms. The number of hydrogen-bond donors (Lipinski definition) is 2. The minimum atomic E-state index is -0.0252. The number of carbonyl (C=O) groups is 2. The van der Waals surface area contributed by atoms with Crippen LogP contribution in [-0.2, 0) is 16.1 Å². The lowest BCUT2D eigenvalue weighted by Crippen LogP contribution is -2.35. The Morgan fingerprint density at radius 3 is 2.57 bits per heavy atom. The van der Waals surface area contributed by atoms with Crippen LogP contribution in [0.25, 0.3) is 0 Å². The van der Waals surface area contributed by atoms with Crippen molar-refractivity contribution in [3.05, 3.63) is 29.8 Å². The van der Waals surface area contributed by atoms with E-state index >= 15 is 0 Å². The summed E-state index contributed by atoms with van der Waals surface area (Å²) in [5.41, 5.74) is 1.97. The van der Waals surface area contributed by atoms with Crippen molar-refractivity contribution in [2.45, 2.75) is 25.8 Å². The number of nitrogens with one attached hydrogen (secondary N) is 2. The first kappa shape index (κ1) is 17.5. The lowest BCUT2D eigenvalue weighted by atomic mass is 10.1. The molecule has 1 aromatic carbocycles. The largest absolute Gasteiger partial charge is 0.351 e. The highest BCUT2D eigenvalue weighted by atomic mass is 35.5. The highest BCUT2D eigenvalue weighted by Crippen LogP contribution is 2.21. The van der Waals surface area contributed by atoms with Crippen LogP contribution < -0.4 is 15.5 Å². The van der Waals surface area contributed by atoms with E-state index in [0.29, 0.717) is 19.5 Å². The molecule has 2 amide bonds. The van der Waals surface area contributed by atoms with Crippen LogP contribution in [-0.4, -0.2) is 32.0 Å². The first-order valence-electron chi connectivity index (χ1n) is 7.01. The summed E-state index contributed by atoms with van der Waals surface area (Å²) < 4.78 is 0. The monoisotopic (exact) mass is 311 g/mol. The zero-order valence-electron chi connectivity index (χ0n) is 12.2. The van der Waals surface area contributed by atoms with Gasteiger partial charge in [0.1, 0.15) is 0 Å². The van der Waals surface area contributed by atoms with Gasteiger partial charge < -0.3 is 15.5 Å². The summed E-state index contributed by atoms with van der Waals surface area (Å²) in [6.07, 6.45) is 2.69. The van der Waals surface area contributed by atoms with Crippen molar-refractivity contribution in [3.8, 4) is 0 Å². The Balaban J connectivity index is 0.00000220. The molecule has 1 aliphatic heterocycles. The second-order valence-electron chi connectivity index (χ2n) is 4.98. The molecule has 1 heterocycles. The fourth-order valence-electron chi connectivity index (χ4n) is 2.30. The van der Waals surface area contributed by atoms with Gasteiger partial charge >= 0.3 is 0 Å². The molecule has 0 atom stereocenters. The fourth-order valence-corrected chi connectivity index (χ4v) is 2.30. The van der Waals surface area contributed by atoms with E-state index < -0.39 is 0 Å². The number of anilines is 1. The minimum Gasteiger partial charge on any atom is -0.351 e. The van der Waals surface area contributed by atoms with Gasteiger partial charge in [-0.15, -0.1) is 12.4 Å². The van der Waals surface area contributed by atoms with Gasteiger partial charge in [-0.2, -0.15) is 0 Å². The highest BCUT2D eigenvalue weighted by molar-refractivity contribution is 5.93. The molecule has 21 heavy (non-hydrogen) atoms. The molecular weight excluding hydrogens is 290 g/mol. The van der Waals surface area contributed by atoms with Crippen molar-refractivity contribution in [2.75, 3.05) is 25.0 Å². The van der Waals surface area contributed by atoms with Gasteiger partial charge in [-0.3, -0.25) is 9.59 Å².